The number of hydrogen-bond donors (Lipinski definition) is 1. The standard InChI is InChI=1S/C9H14N2O4/c1-2-6(12)8-10-9(15-11-8)7-5-13-3-4-14-7/h6-7,12H,2-5H2,1H3. The van der Waals surface area contributed by atoms with Crippen LogP contribution in [0.15, 0.2) is 4.52 Å². The summed E-state index contributed by atoms with van der Waals surface area (Å²) in [6, 6.07) is 0. The molecule has 1 saturated heterocycles. The lowest BCUT2D eigenvalue weighted by atomic mass is 10.3. The minimum Gasteiger partial charge on any atom is -0.385 e. The van der Waals surface area contributed by atoms with Crippen LogP contribution in [0, 0.1) is 0 Å². The van der Waals surface area contributed by atoms with Gasteiger partial charge in [-0.3, -0.25) is 0 Å². The molecule has 6 nitrogen and oxygen atoms in total. The summed E-state index contributed by atoms with van der Waals surface area (Å²) >= 11 is 0. The second-order valence-corrected chi connectivity index (χ2v) is 3.35. The van der Waals surface area contributed by atoms with Gasteiger partial charge in [-0.25, -0.2) is 0 Å². The Bertz CT molecular complexity index is 309. The smallest absolute Gasteiger partial charge is 0.258 e. The minimum absolute atomic E-state index is 0.302. The number of rotatable bonds is 3. The molecule has 0 aromatic carbocycles. The summed E-state index contributed by atoms with van der Waals surface area (Å²) in [7, 11) is 0. The Kier molecular flexibility index (Phi) is 3.30. The van der Waals surface area contributed by atoms with Crippen LogP contribution in [-0.2, 0) is 9.47 Å². The molecule has 1 aliphatic rings. The summed E-state index contributed by atoms with van der Waals surface area (Å²) in [5.41, 5.74) is 0. The van der Waals surface area contributed by atoms with Crippen LogP contribution in [0.2, 0.25) is 0 Å². The van der Waals surface area contributed by atoms with Crippen LogP contribution < -0.4 is 0 Å². The van der Waals surface area contributed by atoms with Gasteiger partial charge in [-0.1, -0.05) is 12.1 Å². The molecular formula is C9H14N2O4. The van der Waals surface area contributed by atoms with E-state index in [1.165, 1.54) is 0 Å². The molecule has 1 aromatic rings. The van der Waals surface area contributed by atoms with E-state index in [0.29, 0.717) is 38.0 Å². The zero-order valence-corrected chi connectivity index (χ0v) is 8.55. The SMILES string of the molecule is CCC(O)c1noc(C2COCCO2)n1. The van der Waals surface area contributed by atoms with Crippen molar-refractivity contribution in [3.63, 3.8) is 0 Å². The molecule has 1 aromatic heterocycles. The molecule has 0 radical (unpaired) electrons. The van der Waals surface area contributed by atoms with Crippen LogP contribution >= 0.6 is 0 Å². The van der Waals surface area contributed by atoms with Gasteiger partial charge in [-0.15, -0.1) is 0 Å². The van der Waals surface area contributed by atoms with E-state index in [9.17, 15) is 5.11 Å². The molecule has 84 valence electrons. The monoisotopic (exact) mass is 214 g/mol. The van der Waals surface area contributed by atoms with Crippen molar-refractivity contribution in [3.05, 3.63) is 11.7 Å². The zero-order chi connectivity index (χ0) is 10.7. The number of aliphatic hydroxyl groups is 1. The topological polar surface area (TPSA) is 77.6 Å². The second kappa shape index (κ2) is 4.69. The molecule has 1 aliphatic heterocycles. The Labute approximate surface area is 87.2 Å². The molecule has 2 heterocycles. The van der Waals surface area contributed by atoms with Crippen molar-refractivity contribution >= 4 is 0 Å². The molecule has 2 rings (SSSR count). The molecule has 6 heteroatoms. The maximum atomic E-state index is 9.48. The highest BCUT2D eigenvalue weighted by Gasteiger charge is 2.24. The predicted octanol–water partition coefficient (Wildman–Crippen LogP) is 0.601. The van der Waals surface area contributed by atoms with Crippen LogP contribution in [-0.4, -0.2) is 35.1 Å². The number of hydrogen-bond acceptors (Lipinski definition) is 6. The quantitative estimate of drug-likeness (QED) is 0.793. The molecule has 0 spiro atoms. The maximum absolute atomic E-state index is 9.48. The van der Waals surface area contributed by atoms with Gasteiger partial charge in [-0.2, -0.15) is 4.98 Å². The lowest BCUT2D eigenvalue weighted by Crippen LogP contribution is -2.22. The lowest BCUT2D eigenvalue weighted by Gasteiger charge is -2.19. The van der Waals surface area contributed by atoms with Gasteiger partial charge < -0.3 is 19.1 Å². The van der Waals surface area contributed by atoms with Gasteiger partial charge in [0.25, 0.3) is 5.89 Å². The third kappa shape index (κ3) is 2.34. The summed E-state index contributed by atoms with van der Waals surface area (Å²) in [5.74, 6) is 0.680. The third-order valence-corrected chi connectivity index (χ3v) is 2.23. The molecule has 2 atom stereocenters. The van der Waals surface area contributed by atoms with Gasteiger partial charge >= 0.3 is 0 Å². The first-order valence-electron chi connectivity index (χ1n) is 5.02. The summed E-state index contributed by atoms with van der Waals surface area (Å²) < 4.78 is 15.6. The highest BCUT2D eigenvalue weighted by atomic mass is 16.6. The van der Waals surface area contributed by atoms with Gasteiger partial charge in [-0.05, 0) is 6.42 Å². The van der Waals surface area contributed by atoms with Crippen molar-refractivity contribution < 1.29 is 19.1 Å². The highest BCUT2D eigenvalue weighted by Crippen LogP contribution is 2.21. The third-order valence-electron chi connectivity index (χ3n) is 2.23. The molecule has 0 amide bonds. The van der Waals surface area contributed by atoms with E-state index in [1.807, 2.05) is 6.92 Å². The van der Waals surface area contributed by atoms with Crippen LogP contribution in [0.3, 0.4) is 0 Å². The molecule has 1 N–H and O–H groups in total. The van der Waals surface area contributed by atoms with Crippen molar-refractivity contribution in [1.29, 1.82) is 0 Å². The fourth-order valence-corrected chi connectivity index (χ4v) is 1.33. The van der Waals surface area contributed by atoms with Gasteiger partial charge in [0, 0.05) is 0 Å². The molecule has 0 aliphatic carbocycles. The van der Waals surface area contributed by atoms with Crippen molar-refractivity contribution in [3.8, 4) is 0 Å². The largest absolute Gasteiger partial charge is 0.385 e. The van der Waals surface area contributed by atoms with E-state index >= 15 is 0 Å². The van der Waals surface area contributed by atoms with Crippen molar-refractivity contribution in [2.75, 3.05) is 19.8 Å². The molecule has 2 unspecified atom stereocenters. The average molecular weight is 214 g/mol. The Morgan fingerprint density at radius 3 is 3.07 bits per heavy atom. The van der Waals surface area contributed by atoms with E-state index in [-0.39, 0.29) is 6.10 Å². The number of aromatic nitrogens is 2. The first-order chi connectivity index (χ1) is 7.31. The van der Waals surface area contributed by atoms with E-state index in [2.05, 4.69) is 10.1 Å². The lowest BCUT2D eigenvalue weighted by molar-refractivity contribution is -0.101. The van der Waals surface area contributed by atoms with Crippen molar-refractivity contribution in [1.82, 2.24) is 10.1 Å². The van der Waals surface area contributed by atoms with Crippen LogP contribution in [0.4, 0.5) is 0 Å². The normalized spacial score (nSPS) is 24.0. The Morgan fingerprint density at radius 2 is 2.40 bits per heavy atom. The summed E-state index contributed by atoms with van der Waals surface area (Å²) in [4.78, 5) is 4.07. The van der Waals surface area contributed by atoms with E-state index in [1.54, 1.807) is 0 Å². The molecule has 0 bridgehead atoms. The summed E-state index contributed by atoms with van der Waals surface area (Å²) in [6.07, 6.45) is -0.419. The van der Waals surface area contributed by atoms with E-state index < -0.39 is 6.10 Å². The minimum atomic E-state index is -0.674. The van der Waals surface area contributed by atoms with Crippen LogP contribution in [0.5, 0.6) is 0 Å². The van der Waals surface area contributed by atoms with Crippen LogP contribution in [0.1, 0.15) is 37.3 Å². The number of ether oxygens (including phenoxy) is 2. The summed E-state index contributed by atoms with van der Waals surface area (Å²) in [5, 5.41) is 13.2. The fraction of sp³-hybridized carbons (Fsp3) is 0.778. The maximum Gasteiger partial charge on any atom is 0.258 e. The summed E-state index contributed by atoms with van der Waals surface area (Å²) in [6.45, 7) is 3.39. The number of nitrogens with zero attached hydrogens (tertiary/aromatic N) is 2. The fourth-order valence-electron chi connectivity index (χ4n) is 1.33. The average Bonchev–Trinajstić information content (AvgIpc) is 2.78. The van der Waals surface area contributed by atoms with Gasteiger partial charge in [0.05, 0.1) is 19.8 Å². The molecule has 15 heavy (non-hydrogen) atoms. The van der Waals surface area contributed by atoms with Crippen molar-refractivity contribution in [2.45, 2.75) is 25.6 Å². The van der Waals surface area contributed by atoms with Gasteiger partial charge in [0.1, 0.15) is 6.10 Å². The first kappa shape index (κ1) is 10.5. The Morgan fingerprint density at radius 1 is 1.53 bits per heavy atom. The van der Waals surface area contributed by atoms with Crippen molar-refractivity contribution in [2.24, 2.45) is 0 Å². The molecule has 1 fully saturated rings. The predicted molar refractivity (Wildman–Crippen MR) is 49.1 cm³/mol. The Balaban J connectivity index is 2.05. The van der Waals surface area contributed by atoms with Gasteiger partial charge in [0.2, 0.25) is 0 Å². The number of aliphatic hydroxyl groups excluding tert-OH is 1. The van der Waals surface area contributed by atoms with E-state index in [0.717, 1.165) is 0 Å². The Hall–Kier alpha value is -0.980. The molecule has 0 saturated carbocycles. The second-order valence-electron chi connectivity index (χ2n) is 3.35. The highest BCUT2D eigenvalue weighted by molar-refractivity contribution is 4.93. The van der Waals surface area contributed by atoms with Crippen LogP contribution in [0.25, 0.3) is 0 Å². The molecular weight excluding hydrogens is 200 g/mol. The zero-order valence-electron chi connectivity index (χ0n) is 8.55. The van der Waals surface area contributed by atoms with E-state index in [4.69, 9.17) is 14.0 Å². The van der Waals surface area contributed by atoms with Gasteiger partial charge in [0.15, 0.2) is 11.9 Å². The first-order valence-corrected chi connectivity index (χ1v) is 5.02.